The highest BCUT2D eigenvalue weighted by Gasteiger charge is 2.19. The predicted octanol–water partition coefficient (Wildman–Crippen LogP) is 5.29. The molecule has 2 amide bonds. The fourth-order valence-electron chi connectivity index (χ4n) is 3.02. The van der Waals surface area contributed by atoms with Gasteiger partial charge in [-0.15, -0.1) is 0 Å². The lowest BCUT2D eigenvalue weighted by Gasteiger charge is -2.27. The minimum Gasteiger partial charge on any atom is -0.345 e. The highest BCUT2D eigenvalue weighted by Crippen LogP contribution is 2.15. The standard InChI is InChI=1S/C23H27N3O/c1-18(2)26(23(27)24-21-8-5-4-6-9-21)17-22-10-7-15-25(22)16-20-13-11-19(3)12-14-20/h4-15,18H,16-17H2,1-3H3,(H,24,27). The summed E-state index contributed by atoms with van der Waals surface area (Å²) < 4.78 is 2.20. The second-order valence-corrected chi connectivity index (χ2v) is 7.13. The Kier molecular flexibility index (Phi) is 5.97. The summed E-state index contributed by atoms with van der Waals surface area (Å²) >= 11 is 0. The molecule has 1 N–H and O–H groups in total. The van der Waals surface area contributed by atoms with Crippen LogP contribution in [0.1, 0.15) is 30.7 Å². The fourth-order valence-corrected chi connectivity index (χ4v) is 3.02. The normalized spacial score (nSPS) is 10.8. The van der Waals surface area contributed by atoms with Crippen LogP contribution >= 0.6 is 0 Å². The first-order valence-corrected chi connectivity index (χ1v) is 9.35. The van der Waals surface area contributed by atoms with E-state index in [-0.39, 0.29) is 12.1 Å². The fraction of sp³-hybridized carbons (Fsp3) is 0.261. The van der Waals surface area contributed by atoms with Crippen molar-refractivity contribution in [2.24, 2.45) is 0 Å². The van der Waals surface area contributed by atoms with E-state index in [4.69, 9.17) is 0 Å². The van der Waals surface area contributed by atoms with Crippen molar-refractivity contribution in [3.05, 3.63) is 89.7 Å². The van der Waals surface area contributed by atoms with Gasteiger partial charge in [-0.1, -0.05) is 48.0 Å². The molecule has 0 fully saturated rings. The maximum Gasteiger partial charge on any atom is 0.322 e. The summed E-state index contributed by atoms with van der Waals surface area (Å²) in [5.41, 5.74) is 4.44. The second kappa shape index (κ2) is 8.58. The molecule has 4 heteroatoms. The van der Waals surface area contributed by atoms with Crippen molar-refractivity contribution >= 4 is 11.7 Å². The number of rotatable bonds is 6. The van der Waals surface area contributed by atoms with Crippen LogP contribution in [0.4, 0.5) is 10.5 Å². The van der Waals surface area contributed by atoms with Crippen LogP contribution in [0.15, 0.2) is 72.9 Å². The summed E-state index contributed by atoms with van der Waals surface area (Å²) in [6.07, 6.45) is 2.07. The first-order chi connectivity index (χ1) is 13.0. The van der Waals surface area contributed by atoms with Gasteiger partial charge >= 0.3 is 6.03 Å². The molecular formula is C23H27N3O. The Morgan fingerprint density at radius 3 is 2.37 bits per heavy atom. The summed E-state index contributed by atoms with van der Waals surface area (Å²) in [4.78, 5) is 14.6. The van der Waals surface area contributed by atoms with Crippen LogP contribution in [0.5, 0.6) is 0 Å². The van der Waals surface area contributed by atoms with Crippen molar-refractivity contribution in [1.82, 2.24) is 9.47 Å². The Morgan fingerprint density at radius 1 is 1.00 bits per heavy atom. The van der Waals surface area contributed by atoms with Crippen molar-refractivity contribution in [3.8, 4) is 0 Å². The Morgan fingerprint density at radius 2 is 1.70 bits per heavy atom. The molecule has 1 aromatic heterocycles. The van der Waals surface area contributed by atoms with E-state index in [9.17, 15) is 4.79 Å². The molecule has 0 saturated heterocycles. The summed E-state index contributed by atoms with van der Waals surface area (Å²) in [6, 6.07) is 22.3. The number of carbonyl (C=O) groups is 1. The van der Waals surface area contributed by atoms with Crippen molar-refractivity contribution in [1.29, 1.82) is 0 Å². The highest BCUT2D eigenvalue weighted by molar-refractivity contribution is 5.89. The number of para-hydroxylation sites is 1. The van der Waals surface area contributed by atoms with Crippen LogP contribution in [0.2, 0.25) is 0 Å². The van der Waals surface area contributed by atoms with Crippen LogP contribution in [0, 0.1) is 6.92 Å². The van der Waals surface area contributed by atoms with Crippen molar-refractivity contribution in [2.45, 2.75) is 39.9 Å². The number of hydrogen-bond acceptors (Lipinski definition) is 1. The zero-order chi connectivity index (χ0) is 19.2. The molecule has 0 saturated carbocycles. The molecule has 0 aliphatic heterocycles. The molecule has 0 atom stereocenters. The lowest BCUT2D eigenvalue weighted by Crippen LogP contribution is -2.40. The second-order valence-electron chi connectivity index (χ2n) is 7.13. The lowest BCUT2D eigenvalue weighted by atomic mass is 10.1. The number of amides is 2. The zero-order valence-electron chi connectivity index (χ0n) is 16.2. The van der Waals surface area contributed by atoms with Crippen molar-refractivity contribution < 1.29 is 4.79 Å². The molecule has 1 heterocycles. The van der Waals surface area contributed by atoms with E-state index in [2.05, 4.69) is 53.3 Å². The van der Waals surface area contributed by atoms with E-state index in [1.165, 1.54) is 11.1 Å². The molecule has 0 radical (unpaired) electrons. The maximum absolute atomic E-state index is 12.8. The number of anilines is 1. The van der Waals surface area contributed by atoms with Crippen LogP contribution in [0.25, 0.3) is 0 Å². The predicted molar refractivity (Wildman–Crippen MR) is 111 cm³/mol. The van der Waals surface area contributed by atoms with Gasteiger partial charge in [-0.3, -0.25) is 0 Å². The number of urea groups is 1. The molecule has 0 aliphatic carbocycles. The molecule has 0 spiro atoms. The number of benzene rings is 2. The van der Waals surface area contributed by atoms with E-state index in [1.54, 1.807) is 0 Å². The van der Waals surface area contributed by atoms with E-state index in [0.717, 1.165) is 17.9 Å². The molecule has 140 valence electrons. The third-order valence-corrected chi connectivity index (χ3v) is 4.64. The number of nitrogens with zero attached hydrogens (tertiary/aromatic N) is 2. The van der Waals surface area contributed by atoms with Crippen molar-refractivity contribution in [3.63, 3.8) is 0 Å². The maximum atomic E-state index is 12.8. The molecule has 0 aliphatic rings. The third kappa shape index (κ3) is 5.00. The van der Waals surface area contributed by atoms with E-state index in [1.807, 2.05) is 55.1 Å². The third-order valence-electron chi connectivity index (χ3n) is 4.64. The number of aromatic nitrogens is 1. The van der Waals surface area contributed by atoms with Gasteiger partial charge in [-0.2, -0.15) is 0 Å². The Balaban J connectivity index is 1.72. The van der Waals surface area contributed by atoms with E-state index >= 15 is 0 Å². The summed E-state index contributed by atoms with van der Waals surface area (Å²) in [7, 11) is 0. The van der Waals surface area contributed by atoms with Gasteiger partial charge < -0.3 is 14.8 Å². The minimum absolute atomic E-state index is 0.0840. The Hall–Kier alpha value is -3.01. The van der Waals surface area contributed by atoms with Gasteiger partial charge in [-0.05, 0) is 50.6 Å². The molecule has 3 aromatic rings. The van der Waals surface area contributed by atoms with Crippen LogP contribution < -0.4 is 5.32 Å². The van der Waals surface area contributed by atoms with Gasteiger partial charge in [0.2, 0.25) is 0 Å². The first kappa shape index (κ1) is 18.8. The number of hydrogen-bond donors (Lipinski definition) is 1. The summed E-state index contributed by atoms with van der Waals surface area (Å²) in [5.74, 6) is 0. The number of aryl methyl sites for hydroxylation is 1. The van der Waals surface area contributed by atoms with Crippen LogP contribution in [-0.4, -0.2) is 21.5 Å². The summed E-state index contributed by atoms with van der Waals surface area (Å²) in [6.45, 7) is 7.54. The molecule has 0 bridgehead atoms. The zero-order valence-corrected chi connectivity index (χ0v) is 16.2. The van der Waals surface area contributed by atoms with Gasteiger partial charge in [0, 0.05) is 30.2 Å². The van der Waals surface area contributed by atoms with Crippen molar-refractivity contribution in [2.75, 3.05) is 5.32 Å². The molecule has 0 unspecified atom stereocenters. The average Bonchev–Trinajstić information content (AvgIpc) is 3.09. The van der Waals surface area contributed by atoms with Gasteiger partial charge in [0.05, 0.1) is 6.54 Å². The topological polar surface area (TPSA) is 37.3 Å². The largest absolute Gasteiger partial charge is 0.345 e. The summed E-state index contributed by atoms with van der Waals surface area (Å²) in [5, 5.41) is 2.99. The van der Waals surface area contributed by atoms with E-state index in [0.29, 0.717) is 6.54 Å². The molecule has 27 heavy (non-hydrogen) atoms. The van der Waals surface area contributed by atoms with Gasteiger partial charge in [0.15, 0.2) is 0 Å². The highest BCUT2D eigenvalue weighted by atomic mass is 16.2. The minimum atomic E-state index is -0.0840. The average molecular weight is 361 g/mol. The monoisotopic (exact) mass is 361 g/mol. The molecule has 3 rings (SSSR count). The van der Waals surface area contributed by atoms with Gasteiger partial charge in [0.1, 0.15) is 0 Å². The van der Waals surface area contributed by atoms with Crippen LogP contribution in [0.3, 0.4) is 0 Å². The Bertz CT molecular complexity index is 866. The molecule has 2 aromatic carbocycles. The van der Waals surface area contributed by atoms with Gasteiger partial charge in [-0.25, -0.2) is 4.79 Å². The van der Waals surface area contributed by atoms with Crippen LogP contribution in [-0.2, 0) is 13.1 Å². The number of nitrogens with one attached hydrogen (secondary N) is 1. The lowest BCUT2D eigenvalue weighted by molar-refractivity contribution is 0.192. The quantitative estimate of drug-likeness (QED) is 0.636. The Labute approximate surface area is 161 Å². The molecular weight excluding hydrogens is 334 g/mol. The first-order valence-electron chi connectivity index (χ1n) is 9.35. The smallest absolute Gasteiger partial charge is 0.322 e. The SMILES string of the molecule is Cc1ccc(Cn2cccc2CN(C(=O)Nc2ccccc2)C(C)C)cc1. The molecule has 4 nitrogen and oxygen atoms in total. The number of carbonyl (C=O) groups excluding carboxylic acids is 1. The van der Waals surface area contributed by atoms with E-state index < -0.39 is 0 Å². The van der Waals surface area contributed by atoms with Gasteiger partial charge in [0.25, 0.3) is 0 Å².